The zero-order chi connectivity index (χ0) is 20.2. The molecule has 2 heteroatoms. The second-order valence-corrected chi connectivity index (χ2v) is 7.70. The summed E-state index contributed by atoms with van der Waals surface area (Å²) in [5.41, 5.74) is 7.59. The molecular weight excluding hydrogens is 354 g/mol. The first-order valence-electron chi connectivity index (χ1n) is 10.4. The number of hydrogen-bond acceptors (Lipinski definition) is 1. The van der Waals surface area contributed by atoms with Gasteiger partial charge in [-0.25, -0.2) is 0 Å². The van der Waals surface area contributed by atoms with Gasteiger partial charge in [-0.3, -0.25) is 4.79 Å². The Balaban J connectivity index is 1.79. The van der Waals surface area contributed by atoms with Crippen molar-refractivity contribution >= 4 is 17.6 Å². The topological polar surface area (TPSA) is 29.1 Å². The first-order valence-corrected chi connectivity index (χ1v) is 10.4. The van der Waals surface area contributed by atoms with Gasteiger partial charge in [-0.15, -0.1) is 0 Å². The lowest BCUT2D eigenvalue weighted by atomic mass is 9.82. The van der Waals surface area contributed by atoms with E-state index >= 15 is 0 Å². The molecule has 146 valence electrons. The Bertz CT molecular complexity index is 1040. The molecule has 0 radical (unpaired) electrons. The summed E-state index contributed by atoms with van der Waals surface area (Å²) in [5.74, 6) is 0.274. The fourth-order valence-corrected chi connectivity index (χ4v) is 4.33. The van der Waals surface area contributed by atoms with Crippen molar-refractivity contribution in [1.82, 2.24) is 5.32 Å². The Kier molecular flexibility index (Phi) is 5.62. The van der Waals surface area contributed by atoms with Crippen molar-refractivity contribution in [2.75, 3.05) is 0 Å². The molecule has 1 aliphatic rings. The van der Waals surface area contributed by atoms with Crippen LogP contribution < -0.4 is 5.32 Å². The molecule has 0 aromatic heterocycles. The number of hydrogen-bond donors (Lipinski definition) is 1. The minimum Gasteiger partial charge on any atom is -0.350 e. The molecule has 3 aromatic carbocycles. The second kappa shape index (κ2) is 8.48. The van der Waals surface area contributed by atoms with Crippen LogP contribution in [0, 0.1) is 0 Å². The van der Waals surface area contributed by atoms with Crippen LogP contribution in [0.2, 0.25) is 0 Å². The van der Waals surface area contributed by atoms with Crippen molar-refractivity contribution in [3.63, 3.8) is 0 Å². The van der Waals surface area contributed by atoms with E-state index in [0.29, 0.717) is 6.42 Å². The molecule has 1 N–H and O–H groups in total. The van der Waals surface area contributed by atoms with Crippen LogP contribution >= 0.6 is 0 Å². The number of carbonyl (C=O) groups excluding carboxylic acids is 1. The molecule has 2 unspecified atom stereocenters. The molecule has 1 aliphatic carbocycles. The normalized spacial score (nSPS) is 16.1. The van der Waals surface area contributed by atoms with Gasteiger partial charge in [0.15, 0.2) is 0 Å². The molecule has 2 nitrogen and oxygen atoms in total. The van der Waals surface area contributed by atoms with E-state index in [1.807, 2.05) is 6.92 Å². The maximum absolute atomic E-state index is 12.2. The number of amides is 1. The number of carbonyl (C=O) groups is 1. The summed E-state index contributed by atoms with van der Waals surface area (Å²) >= 11 is 0. The van der Waals surface area contributed by atoms with Crippen molar-refractivity contribution in [3.8, 4) is 0 Å². The molecule has 3 aromatic rings. The van der Waals surface area contributed by atoms with Crippen LogP contribution in [0.4, 0.5) is 0 Å². The number of benzene rings is 3. The lowest BCUT2D eigenvalue weighted by Gasteiger charge is -2.24. The third-order valence-corrected chi connectivity index (χ3v) is 5.66. The van der Waals surface area contributed by atoms with Crippen LogP contribution in [0.5, 0.6) is 0 Å². The highest BCUT2D eigenvalue weighted by atomic mass is 16.1. The average Bonchev–Trinajstić information content (AvgIpc) is 3.14. The highest BCUT2D eigenvalue weighted by Crippen LogP contribution is 2.47. The van der Waals surface area contributed by atoms with Crippen molar-refractivity contribution in [1.29, 1.82) is 0 Å². The summed E-state index contributed by atoms with van der Waals surface area (Å²) in [6.45, 7) is 4.11. The molecule has 2 atom stereocenters. The van der Waals surface area contributed by atoms with Gasteiger partial charge in [0.05, 0.1) is 6.04 Å². The first kappa shape index (κ1) is 19.2. The van der Waals surface area contributed by atoms with E-state index in [9.17, 15) is 4.79 Å². The maximum atomic E-state index is 12.2. The highest BCUT2D eigenvalue weighted by molar-refractivity contribution is 5.93. The predicted molar refractivity (Wildman–Crippen MR) is 121 cm³/mol. The van der Waals surface area contributed by atoms with E-state index in [0.717, 1.165) is 6.42 Å². The summed E-state index contributed by atoms with van der Waals surface area (Å²) in [7, 11) is 0. The van der Waals surface area contributed by atoms with Crippen LogP contribution in [0.3, 0.4) is 0 Å². The van der Waals surface area contributed by atoms with Crippen LogP contribution in [0.1, 0.15) is 66.5 Å². The van der Waals surface area contributed by atoms with Gasteiger partial charge in [0, 0.05) is 12.3 Å². The lowest BCUT2D eigenvalue weighted by Crippen LogP contribution is -2.27. The monoisotopic (exact) mass is 381 g/mol. The number of fused-ring (bicyclic) bond motifs is 1. The van der Waals surface area contributed by atoms with Crippen LogP contribution in [-0.4, -0.2) is 5.91 Å². The van der Waals surface area contributed by atoms with Gasteiger partial charge in [0.2, 0.25) is 5.91 Å². The van der Waals surface area contributed by atoms with E-state index in [2.05, 4.69) is 97.2 Å². The zero-order valence-corrected chi connectivity index (χ0v) is 17.1. The summed E-state index contributed by atoms with van der Waals surface area (Å²) in [6, 6.07) is 27.7. The number of nitrogens with one attached hydrogen (secondary N) is 1. The summed E-state index contributed by atoms with van der Waals surface area (Å²) in [4.78, 5) is 12.2. The molecular formula is C27H27NO. The highest BCUT2D eigenvalue weighted by Gasteiger charge is 2.30. The van der Waals surface area contributed by atoms with Crippen molar-refractivity contribution in [3.05, 3.63) is 107 Å². The predicted octanol–water partition coefficient (Wildman–Crippen LogP) is 6.35. The Morgan fingerprint density at radius 2 is 1.55 bits per heavy atom. The van der Waals surface area contributed by atoms with Gasteiger partial charge in [0.25, 0.3) is 0 Å². The van der Waals surface area contributed by atoms with Gasteiger partial charge in [-0.2, -0.15) is 0 Å². The fourth-order valence-electron chi connectivity index (χ4n) is 4.33. The van der Waals surface area contributed by atoms with Crippen LogP contribution in [0.15, 0.2) is 78.9 Å². The zero-order valence-electron chi connectivity index (χ0n) is 17.1. The Morgan fingerprint density at radius 1 is 0.897 bits per heavy atom. The minimum absolute atomic E-state index is 0.0324. The smallest absolute Gasteiger partial charge is 0.220 e. The van der Waals surface area contributed by atoms with Gasteiger partial charge in [-0.1, -0.05) is 85.8 Å². The van der Waals surface area contributed by atoms with E-state index in [4.69, 9.17) is 0 Å². The lowest BCUT2D eigenvalue weighted by molar-refractivity contribution is -0.121. The van der Waals surface area contributed by atoms with E-state index in [-0.39, 0.29) is 17.9 Å². The number of rotatable bonds is 6. The summed E-state index contributed by atoms with van der Waals surface area (Å²) < 4.78 is 0. The molecule has 1 amide bonds. The molecule has 0 saturated carbocycles. The Labute approximate surface area is 173 Å². The summed E-state index contributed by atoms with van der Waals surface area (Å²) in [6.07, 6.45) is 3.73. The van der Waals surface area contributed by atoms with E-state index in [1.165, 1.54) is 33.4 Å². The molecule has 4 rings (SSSR count). The van der Waals surface area contributed by atoms with E-state index < -0.39 is 0 Å². The summed E-state index contributed by atoms with van der Waals surface area (Å²) in [5, 5.41) is 3.18. The van der Waals surface area contributed by atoms with Gasteiger partial charge in [0.1, 0.15) is 0 Å². The first-order chi connectivity index (χ1) is 14.2. The SMILES string of the molecule is CCCC(=O)NC(C)c1ccccc1C1C(c2ccccc2)=Cc2ccccc21. The van der Waals surface area contributed by atoms with Crippen molar-refractivity contribution in [2.24, 2.45) is 0 Å². The van der Waals surface area contributed by atoms with E-state index in [1.54, 1.807) is 0 Å². The molecule has 0 bridgehead atoms. The van der Waals surface area contributed by atoms with Gasteiger partial charge in [-0.05, 0) is 52.8 Å². The Morgan fingerprint density at radius 3 is 2.31 bits per heavy atom. The standard InChI is InChI=1S/C27H27NO/c1-3-11-26(29)28-19(2)22-15-9-10-17-24(22)27-23-16-8-7-14-21(23)18-25(27)20-12-5-4-6-13-20/h4-10,12-19,27H,3,11H2,1-2H3,(H,28,29). The molecule has 0 spiro atoms. The molecule has 0 heterocycles. The largest absolute Gasteiger partial charge is 0.350 e. The average molecular weight is 382 g/mol. The molecule has 0 saturated heterocycles. The Hall–Kier alpha value is -3.13. The van der Waals surface area contributed by atoms with Gasteiger partial charge >= 0.3 is 0 Å². The van der Waals surface area contributed by atoms with Gasteiger partial charge < -0.3 is 5.32 Å². The van der Waals surface area contributed by atoms with Crippen LogP contribution in [0.25, 0.3) is 11.6 Å². The third-order valence-electron chi connectivity index (χ3n) is 5.66. The van der Waals surface area contributed by atoms with Crippen molar-refractivity contribution < 1.29 is 4.79 Å². The molecule has 29 heavy (non-hydrogen) atoms. The number of allylic oxidation sites excluding steroid dienone is 1. The molecule has 0 fully saturated rings. The van der Waals surface area contributed by atoms with Crippen molar-refractivity contribution in [2.45, 2.75) is 38.6 Å². The van der Waals surface area contributed by atoms with Crippen LogP contribution in [-0.2, 0) is 4.79 Å². The molecule has 0 aliphatic heterocycles. The fraction of sp³-hybridized carbons (Fsp3) is 0.222. The minimum atomic E-state index is -0.0324. The third kappa shape index (κ3) is 3.88. The quantitative estimate of drug-likeness (QED) is 0.529. The second-order valence-electron chi connectivity index (χ2n) is 7.70. The maximum Gasteiger partial charge on any atom is 0.220 e.